The van der Waals surface area contributed by atoms with Gasteiger partial charge in [0.15, 0.2) is 34.9 Å². The van der Waals surface area contributed by atoms with Crippen LogP contribution in [0.1, 0.15) is 27.6 Å². The van der Waals surface area contributed by atoms with Crippen LogP contribution in [0.2, 0.25) is 0 Å². The number of esters is 1. The number of hydrogen-bond donors (Lipinski definition) is 5. The number of carbonyl (C=O) groups is 1. The number of benzene rings is 3. The summed E-state index contributed by atoms with van der Waals surface area (Å²) in [5.41, 5.74) is 0.532. The summed E-state index contributed by atoms with van der Waals surface area (Å²) in [5, 5.41) is 49.5. The minimum Gasteiger partial charge on any atom is -0.508 e. The van der Waals surface area contributed by atoms with Crippen LogP contribution in [0.4, 0.5) is 0 Å². The van der Waals surface area contributed by atoms with Crippen molar-refractivity contribution in [3.8, 4) is 51.7 Å². The maximum absolute atomic E-state index is 12.9. The van der Waals surface area contributed by atoms with Gasteiger partial charge < -0.3 is 49.2 Å². The van der Waals surface area contributed by atoms with Crippen LogP contribution >= 0.6 is 0 Å². The summed E-state index contributed by atoms with van der Waals surface area (Å²) >= 11 is 0. The molecule has 4 rings (SSSR count). The first kappa shape index (κ1) is 24.5. The van der Waals surface area contributed by atoms with Gasteiger partial charge in [0.25, 0.3) is 0 Å². The van der Waals surface area contributed by atoms with Gasteiger partial charge in [-0.25, -0.2) is 4.79 Å². The highest BCUT2D eigenvalue weighted by Gasteiger charge is 2.37. The Labute approximate surface area is 205 Å². The van der Waals surface area contributed by atoms with Crippen LogP contribution in [0.15, 0.2) is 36.4 Å². The summed E-state index contributed by atoms with van der Waals surface area (Å²) < 4.78 is 28.0. The van der Waals surface area contributed by atoms with Gasteiger partial charge in [-0.15, -0.1) is 0 Å². The normalized spacial score (nSPS) is 16.4. The lowest BCUT2D eigenvalue weighted by atomic mass is 9.93. The highest BCUT2D eigenvalue weighted by molar-refractivity contribution is 5.91. The summed E-state index contributed by atoms with van der Waals surface area (Å²) in [4.78, 5) is 12.9. The van der Waals surface area contributed by atoms with E-state index in [-0.39, 0.29) is 29.2 Å². The van der Waals surface area contributed by atoms with Gasteiger partial charge in [-0.2, -0.15) is 0 Å². The molecule has 11 heteroatoms. The minimum atomic E-state index is -1.03. The summed E-state index contributed by atoms with van der Waals surface area (Å²) in [6.07, 6.45) is -2.00. The third kappa shape index (κ3) is 4.38. The molecule has 36 heavy (non-hydrogen) atoms. The highest BCUT2D eigenvalue weighted by atomic mass is 16.6. The second kappa shape index (κ2) is 9.53. The van der Waals surface area contributed by atoms with Gasteiger partial charge in [0.05, 0.1) is 26.9 Å². The number of ether oxygens (including phenoxy) is 5. The number of fused-ring (bicyclic) bond motifs is 1. The summed E-state index contributed by atoms with van der Waals surface area (Å²) in [5.74, 6) is -2.46. The van der Waals surface area contributed by atoms with Crippen molar-refractivity contribution in [1.29, 1.82) is 0 Å². The van der Waals surface area contributed by atoms with E-state index >= 15 is 0 Å². The van der Waals surface area contributed by atoms with Gasteiger partial charge >= 0.3 is 5.97 Å². The SMILES string of the molecule is COc1cc([C@H]2Oc3cc(O)cc(O)c3C[C@H]2OC(=O)c2cc(O)c(O)c(O)c2)cc(OC)c1OC. The molecule has 0 radical (unpaired) electrons. The van der Waals surface area contributed by atoms with Gasteiger partial charge in [0.1, 0.15) is 23.4 Å². The van der Waals surface area contributed by atoms with Crippen LogP contribution in [0.25, 0.3) is 0 Å². The van der Waals surface area contributed by atoms with E-state index in [2.05, 4.69) is 0 Å². The maximum Gasteiger partial charge on any atom is 0.338 e. The molecule has 2 atom stereocenters. The Bertz CT molecular complexity index is 1270. The predicted molar refractivity (Wildman–Crippen MR) is 124 cm³/mol. The zero-order valence-electron chi connectivity index (χ0n) is 19.5. The van der Waals surface area contributed by atoms with Gasteiger partial charge in [-0.1, -0.05) is 0 Å². The number of carbonyl (C=O) groups excluding carboxylic acids is 1. The largest absolute Gasteiger partial charge is 0.508 e. The first-order chi connectivity index (χ1) is 17.2. The first-order valence-electron chi connectivity index (χ1n) is 10.6. The molecular formula is C25H24O11. The van der Waals surface area contributed by atoms with Crippen molar-refractivity contribution < 1.29 is 54.0 Å². The molecule has 3 aromatic rings. The summed E-state index contributed by atoms with van der Waals surface area (Å²) in [7, 11) is 4.33. The molecule has 1 aliphatic rings. The Morgan fingerprint density at radius 1 is 0.833 bits per heavy atom. The van der Waals surface area contributed by atoms with Crippen molar-refractivity contribution in [2.24, 2.45) is 0 Å². The molecular weight excluding hydrogens is 476 g/mol. The van der Waals surface area contributed by atoms with Crippen molar-refractivity contribution in [2.75, 3.05) is 21.3 Å². The summed E-state index contributed by atoms with van der Waals surface area (Å²) in [6, 6.07) is 7.57. The van der Waals surface area contributed by atoms with E-state index in [1.54, 1.807) is 12.1 Å². The molecule has 1 aliphatic heterocycles. The van der Waals surface area contributed by atoms with E-state index in [0.29, 0.717) is 28.4 Å². The van der Waals surface area contributed by atoms with Crippen LogP contribution in [0, 0.1) is 0 Å². The highest BCUT2D eigenvalue weighted by Crippen LogP contribution is 2.46. The fourth-order valence-electron chi connectivity index (χ4n) is 4.03. The molecule has 0 fully saturated rings. The second-order valence-corrected chi connectivity index (χ2v) is 7.95. The Hall–Kier alpha value is -4.67. The van der Waals surface area contributed by atoms with Gasteiger partial charge in [0, 0.05) is 29.7 Å². The molecule has 0 aromatic heterocycles. The number of phenolic OH excluding ortho intramolecular Hbond substituents is 5. The molecule has 11 nitrogen and oxygen atoms in total. The third-order valence-electron chi connectivity index (χ3n) is 5.75. The van der Waals surface area contributed by atoms with Gasteiger partial charge in [0.2, 0.25) is 5.75 Å². The molecule has 0 saturated heterocycles. The Kier molecular flexibility index (Phi) is 6.47. The Balaban J connectivity index is 1.78. The Morgan fingerprint density at radius 2 is 1.44 bits per heavy atom. The molecule has 0 aliphatic carbocycles. The minimum absolute atomic E-state index is 0.00936. The lowest BCUT2D eigenvalue weighted by Crippen LogP contribution is -2.34. The molecule has 5 N–H and O–H groups in total. The average Bonchev–Trinajstić information content (AvgIpc) is 2.85. The van der Waals surface area contributed by atoms with E-state index in [1.807, 2.05) is 0 Å². The zero-order valence-corrected chi connectivity index (χ0v) is 19.5. The van der Waals surface area contributed by atoms with E-state index in [4.69, 9.17) is 23.7 Å². The second-order valence-electron chi connectivity index (χ2n) is 7.95. The molecule has 0 amide bonds. The van der Waals surface area contributed by atoms with E-state index in [9.17, 15) is 30.3 Å². The van der Waals surface area contributed by atoms with E-state index in [0.717, 1.165) is 18.2 Å². The van der Waals surface area contributed by atoms with Crippen molar-refractivity contribution in [2.45, 2.75) is 18.6 Å². The molecule has 0 saturated carbocycles. The number of aromatic hydroxyl groups is 5. The topological polar surface area (TPSA) is 164 Å². The molecule has 0 spiro atoms. The quantitative estimate of drug-likeness (QED) is 0.249. The smallest absolute Gasteiger partial charge is 0.338 e. The number of hydrogen-bond acceptors (Lipinski definition) is 11. The standard InChI is InChI=1S/C25H24O11/c1-32-19-6-11(7-20(33-2)24(19)34-3)23-21(10-14-15(27)8-13(26)9-18(14)35-23)36-25(31)12-4-16(28)22(30)17(29)5-12/h4-9,21,23,26-30H,10H2,1-3H3/t21-,23-/m1/s1. The third-order valence-corrected chi connectivity index (χ3v) is 5.75. The van der Waals surface area contributed by atoms with Crippen molar-refractivity contribution in [1.82, 2.24) is 0 Å². The van der Waals surface area contributed by atoms with Crippen LogP contribution in [-0.4, -0.2) is 58.9 Å². The average molecular weight is 500 g/mol. The van der Waals surface area contributed by atoms with Crippen LogP contribution < -0.4 is 18.9 Å². The van der Waals surface area contributed by atoms with E-state index < -0.39 is 35.4 Å². The monoisotopic (exact) mass is 500 g/mol. The molecule has 1 heterocycles. The molecule has 190 valence electrons. The van der Waals surface area contributed by atoms with Gasteiger partial charge in [-0.3, -0.25) is 0 Å². The van der Waals surface area contributed by atoms with Crippen LogP contribution in [-0.2, 0) is 11.2 Å². The predicted octanol–water partition coefficient (Wildman–Crippen LogP) is 3.14. The lowest BCUT2D eigenvalue weighted by molar-refractivity contribution is -0.0189. The fourth-order valence-corrected chi connectivity index (χ4v) is 4.03. The number of methoxy groups -OCH3 is 3. The van der Waals surface area contributed by atoms with Gasteiger partial charge in [-0.05, 0) is 24.3 Å². The molecule has 0 unspecified atom stereocenters. The number of rotatable bonds is 6. The number of phenols is 5. The zero-order chi connectivity index (χ0) is 26.1. The van der Waals surface area contributed by atoms with Crippen LogP contribution in [0.3, 0.4) is 0 Å². The van der Waals surface area contributed by atoms with Crippen molar-refractivity contribution >= 4 is 5.97 Å². The fraction of sp³-hybridized carbons (Fsp3) is 0.240. The van der Waals surface area contributed by atoms with E-state index in [1.165, 1.54) is 27.4 Å². The van der Waals surface area contributed by atoms with Crippen molar-refractivity contribution in [3.05, 3.63) is 53.1 Å². The Morgan fingerprint density at radius 3 is 2.00 bits per heavy atom. The summed E-state index contributed by atoms with van der Waals surface area (Å²) in [6.45, 7) is 0. The molecule has 0 bridgehead atoms. The lowest BCUT2D eigenvalue weighted by Gasteiger charge is -2.34. The van der Waals surface area contributed by atoms with Crippen LogP contribution in [0.5, 0.6) is 51.7 Å². The molecule has 3 aromatic carbocycles. The van der Waals surface area contributed by atoms with Crippen molar-refractivity contribution in [3.63, 3.8) is 0 Å². The maximum atomic E-state index is 12.9. The first-order valence-corrected chi connectivity index (χ1v) is 10.6.